The van der Waals surface area contributed by atoms with E-state index in [1.54, 1.807) is 0 Å². The van der Waals surface area contributed by atoms with E-state index in [-0.39, 0.29) is 0 Å². The molecule has 0 bridgehead atoms. The zero-order valence-corrected chi connectivity index (χ0v) is 9.08. The van der Waals surface area contributed by atoms with E-state index >= 15 is 0 Å². The van der Waals surface area contributed by atoms with Crippen molar-refractivity contribution >= 4 is 12.6 Å². The van der Waals surface area contributed by atoms with Crippen molar-refractivity contribution in [2.45, 2.75) is 37.6 Å². The van der Waals surface area contributed by atoms with Crippen LogP contribution in [0.2, 0.25) is 0 Å². The highest BCUT2D eigenvalue weighted by Crippen LogP contribution is 2.34. The smallest absolute Gasteiger partial charge is 0.0460 e. The van der Waals surface area contributed by atoms with Crippen molar-refractivity contribution < 1.29 is 0 Å². The van der Waals surface area contributed by atoms with Crippen LogP contribution in [0.5, 0.6) is 0 Å². The summed E-state index contributed by atoms with van der Waals surface area (Å²) in [4.78, 5) is 0. The van der Waals surface area contributed by atoms with Crippen LogP contribution in [0.25, 0.3) is 0 Å². The van der Waals surface area contributed by atoms with Gasteiger partial charge >= 0.3 is 0 Å². The highest BCUT2D eigenvalue weighted by molar-refractivity contribution is 7.80. The van der Waals surface area contributed by atoms with Gasteiger partial charge in [0, 0.05) is 24.5 Å². The minimum Gasteiger partial charge on any atom is -0.303 e. The summed E-state index contributed by atoms with van der Waals surface area (Å²) in [6.45, 7) is 2.08. The first-order valence-corrected chi connectivity index (χ1v) is 6.07. The summed E-state index contributed by atoms with van der Waals surface area (Å²) >= 11 is 4.51. The topological polar surface area (TPSA) is 24.1 Å². The molecule has 1 aliphatic carbocycles. The average Bonchev–Trinajstić information content (AvgIpc) is 2.69. The standard InChI is InChI=1S/C10H20N2S/c13-7-10(6-11-8-12-10)9-4-2-1-3-5-9/h9,11-13H,1-8H2. The van der Waals surface area contributed by atoms with Crippen molar-refractivity contribution in [3.63, 3.8) is 0 Å². The Kier molecular flexibility index (Phi) is 3.17. The van der Waals surface area contributed by atoms with E-state index in [4.69, 9.17) is 0 Å². The molecule has 1 saturated heterocycles. The molecule has 76 valence electrons. The Labute approximate surface area is 86.3 Å². The second-order valence-electron chi connectivity index (χ2n) is 4.43. The summed E-state index contributed by atoms with van der Waals surface area (Å²) < 4.78 is 0. The van der Waals surface area contributed by atoms with Gasteiger partial charge < -0.3 is 5.32 Å². The summed E-state index contributed by atoms with van der Waals surface area (Å²) in [6.07, 6.45) is 7.07. The van der Waals surface area contributed by atoms with Gasteiger partial charge in [-0.05, 0) is 18.8 Å². The molecule has 1 saturated carbocycles. The quantitative estimate of drug-likeness (QED) is 0.587. The Balaban J connectivity index is 2.01. The Morgan fingerprint density at radius 2 is 2.00 bits per heavy atom. The molecule has 2 aliphatic rings. The maximum Gasteiger partial charge on any atom is 0.0460 e. The highest BCUT2D eigenvalue weighted by atomic mass is 32.1. The Bertz CT molecular complexity index is 160. The second-order valence-corrected chi connectivity index (χ2v) is 4.75. The van der Waals surface area contributed by atoms with Gasteiger partial charge in [0.1, 0.15) is 0 Å². The van der Waals surface area contributed by atoms with Crippen LogP contribution in [0.3, 0.4) is 0 Å². The maximum absolute atomic E-state index is 4.51. The molecule has 2 nitrogen and oxygen atoms in total. The number of hydrogen-bond donors (Lipinski definition) is 3. The van der Waals surface area contributed by atoms with Crippen LogP contribution in [0, 0.1) is 5.92 Å². The predicted octanol–water partition coefficient (Wildman–Crippen LogP) is 1.39. The zero-order valence-electron chi connectivity index (χ0n) is 8.18. The van der Waals surface area contributed by atoms with Gasteiger partial charge in [0.25, 0.3) is 0 Å². The third kappa shape index (κ3) is 1.88. The maximum atomic E-state index is 4.51. The van der Waals surface area contributed by atoms with Gasteiger partial charge in [-0.15, -0.1) is 0 Å². The van der Waals surface area contributed by atoms with Crippen molar-refractivity contribution in [2.75, 3.05) is 19.0 Å². The van der Waals surface area contributed by atoms with Crippen LogP contribution in [-0.4, -0.2) is 24.5 Å². The predicted molar refractivity (Wildman–Crippen MR) is 59.2 cm³/mol. The van der Waals surface area contributed by atoms with Gasteiger partial charge in [-0.2, -0.15) is 12.6 Å². The summed E-state index contributed by atoms with van der Waals surface area (Å²) in [5, 5.41) is 7.00. The minimum absolute atomic E-state index is 0.309. The number of rotatable bonds is 2. The van der Waals surface area contributed by atoms with Crippen molar-refractivity contribution in [1.29, 1.82) is 0 Å². The largest absolute Gasteiger partial charge is 0.303 e. The normalized spacial score (nSPS) is 36.7. The molecule has 0 aromatic heterocycles. The molecular formula is C10H20N2S. The van der Waals surface area contributed by atoms with Gasteiger partial charge in [0.2, 0.25) is 0 Å². The van der Waals surface area contributed by atoms with Gasteiger partial charge in [-0.25, -0.2) is 0 Å². The van der Waals surface area contributed by atoms with Crippen LogP contribution >= 0.6 is 12.6 Å². The number of hydrogen-bond acceptors (Lipinski definition) is 3. The Morgan fingerprint density at radius 3 is 2.54 bits per heavy atom. The van der Waals surface area contributed by atoms with E-state index in [2.05, 4.69) is 23.3 Å². The van der Waals surface area contributed by atoms with Gasteiger partial charge in [-0.3, -0.25) is 5.32 Å². The zero-order chi connectivity index (χ0) is 9.15. The first-order valence-electron chi connectivity index (χ1n) is 5.44. The van der Waals surface area contributed by atoms with E-state index in [0.717, 1.165) is 24.9 Å². The average molecular weight is 200 g/mol. The fraction of sp³-hybridized carbons (Fsp3) is 1.00. The first kappa shape index (κ1) is 9.81. The monoisotopic (exact) mass is 200 g/mol. The lowest BCUT2D eigenvalue weighted by Crippen LogP contribution is -2.51. The summed E-state index contributed by atoms with van der Waals surface area (Å²) in [5.74, 6) is 1.83. The molecule has 0 spiro atoms. The van der Waals surface area contributed by atoms with Gasteiger partial charge in [0.15, 0.2) is 0 Å². The van der Waals surface area contributed by atoms with Crippen LogP contribution < -0.4 is 10.6 Å². The third-order valence-electron chi connectivity index (χ3n) is 3.67. The molecule has 1 heterocycles. The molecule has 2 N–H and O–H groups in total. The highest BCUT2D eigenvalue weighted by Gasteiger charge is 2.39. The summed E-state index contributed by atoms with van der Waals surface area (Å²) in [5.41, 5.74) is 0.309. The molecule has 1 unspecified atom stereocenters. The molecule has 0 radical (unpaired) electrons. The molecule has 0 aromatic carbocycles. The molecule has 2 fully saturated rings. The van der Waals surface area contributed by atoms with Crippen molar-refractivity contribution in [3.8, 4) is 0 Å². The molecule has 2 rings (SSSR count). The summed E-state index contributed by atoms with van der Waals surface area (Å²) in [6, 6.07) is 0. The first-order chi connectivity index (χ1) is 6.37. The van der Waals surface area contributed by atoms with E-state index in [1.165, 1.54) is 32.1 Å². The van der Waals surface area contributed by atoms with Crippen molar-refractivity contribution in [1.82, 2.24) is 10.6 Å². The molecule has 0 amide bonds. The fourth-order valence-electron chi connectivity index (χ4n) is 2.77. The molecule has 13 heavy (non-hydrogen) atoms. The molecule has 1 atom stereocenters. The number of thiol groups is 1. The molecule has 1 aliphatic heterocycles. The van der Waals surface area contributed by atoms with E-state index < -0.39 is 0 Å². The Morgan fingerprint density at radius 1 is 1.23 bits per heavy atom. The van der Waals surface area contributed by atoms with Crippen LogP contribution in [0.15, 0.2) is 0 Å². The molecular weight excluding hydrogens is 180 g/mol. The van der Waals surface area contributed by atoms with Crippen LogP contribution in [0.1, 0.15) is 32.1 Å². The lowest BCUT2D eigenvalue weighted by Gasteiger charge is -2.38. The van der Waals surface area contributed by atoms with E-state index in [9.17, 15) is 0 Å². The summed E-state index contributed by atoms with van der Waals surface area (Å²) in [7, 11) is 0. The lowest BCUT2D eigenvalue weighted by molar-refractivity contribution is 0.216. The van der Waals surface area contributed by atoms with Crippen molar-refractivity contribution in [2.24, 2.45) is 5.92 Å². The van der Waals surface area contributed by atoms with E-state index in [0.29, 0.717) is 5.54 Å². The van der Waals surface area contributed by atoms with Gasteiger partial charge in [0.05, 0.1) is 0 Å². The minimum atomic E-state index is 0.309. The third-order valence-corrected chi connectivity index (χ3v) is 4.24. The molecule has 3 heteroatoms. The van der Waals surface area contributed by atoms with Crippen LogP contribution in [0.4, 0.5) is 0 Å². The fourth-order valence-corrected chi connectivity index (χ4v) is 3.25. The van der Waals surface area contributed by atoms with Gasteiger partial charge in [-0.1, -0.05) is 19.3 Å². The molecule has 0 aromatic rings. The van der Waals surface area contributed by atoms with Crippen LogP contribution in [-0.2, 0) is 0 Å². The SMILES string of the molecule is SCC1(C2CCCCC2)CNCN1. The number of nitrogens with one attached hydrogen (secondary N) is 2. The second kappa shape index (κ2) is 4.20. The Hall–Kier alpha value is 0.270. The van der Waals surface area contributed by atoms with Crippen molar-refractivity contribution in [3.05, 3.63) is 0 Å². The lowest BCUT2D eigenvalue weighted by atomic mass is 9.76. The van der Waals surface area contributed by atoms with E-state index in [1.807, 2.05) is 0 Å².